The molecule has 0 bridgehead atoms. The quantitative estimate of drug-likeness (QED) is 0.908. The summed E-state index contributed by atoms with van der Waals surface area (Å²) >= 11 is 0. The standard InChI is InChI=1S/C12H19F3N4O2S/c1-9(2)17-22(20,21)18-6-3-4-10(8-18)19-7-5-11(16-19)12(13,14)15/h5,7,9-10,17H,3-4,6,8H2,1-2H3/t10-/m0/s1. The summed E-state index contributed by atoms with van der Waals surface area (Å²) in [6, 6.07) is 0.264. The van der Waals surface area contributed by atoms with Gasteiger partial charge in [0.2, 0.25) is 0 Å². The third kappa shape index (κ3) is 3.99. The lowest BCUT2D eigenvalue weighted by molar-refractivity contribution is -0.141. The molecule has 0 saturated carbocycles. The van der Waals surface area contributed by atoms with Crippen LogP contribution in [0.1, 0.15) is 38.4 Å². The van der Waals surface area contributed by atoms with E-state index < -0.39 is 28.1 Å². The largest absolute Gasteiger partial charge is 0.435 e. The maximum Gasteiger partial charge on any atom is 0.435 e. The molecule has 0 unspecified atom stereocenters. The Bertz CT molecular complexity index is 612. The van der Waals surface area contributed by atoms with E-state index in [0.29, 0.717) is 19.4 Å². The van der Waals surface area contributed by atoms with E-state index in [1.165, 1.54) is 15.2 Å². The highest BCUT2D eigenvalue weighted by atomic mass is 32.2. The lowest BCUT2D eigenvalue weighted by Gasteiger charge is -2.32. The van der Waals surface area contributed by atoms with E-state index in [1.807, 2.05) is 0 Å². The van der Waals surface area contributed by atoms with Crippen molar-refractivity contribution in [3.63, 3.8) is 0 Å². The van der Waals surface area contributed by atoms with Crippen molar-refractivity contribution in [2.75, 3.05) is 13.1 Å². The van der Waals surface area contributed by atoms with E-state index in [4.69, 9.17) is 0 Å². The smallest absolute Gasteiger partial charge is 0.268 e. The second kappa shape index (κ2) is 6.17. The lowest BCUT2D eigenvalue weighted by atomic mass is 10.1. The molecule has 0 aliphatic carbocycles. The maximum atomic E-state index is 12.6. The van der Waals surface area contributed by atoms with Gasteiger partial charge in [0, 0.05) is 25.3 Å². The summed E-state index contributed by atoms with van der Waals surface area (Å²) in [6.07, 6.45) is -2.08. The number of piperidine rings is 1. The Labute approximate surface area is 127 Å². The second-order valence-electron chi connectivity index (χ2n) is 5.61. The molecule has 1 aliphatic rings. The summed E-state index contributed by atoms with van der Waals surface area (Å²) in [4.78, 5) is 0. The van der Waals surface area contributed by atoms with E-state index in [1.54, 1.807) is 13.8 Å². The van der Waals surface area contributed by atoms with E-state index in [2.05, 4.69) is 9.82 Å². The first-order chi connectivity index (χ1) is 10.1. The Morgan fingerprint density at radius 3 is 2.64 bits per heavy atom. The molecular weight excluding hydrogens is 321 g/mol. The molecule has 1 aromatic heterocycles. The van der Waals surface area contributed by atoms with E-state index in [-0.39, 0.29) is 12.6 Å². The van der Waals surface area contributed by atoms with Crippen molar-refractivity contribution in [3.05, 3.63) is 18.0 Å². The predicted octanol–water partition coefficient (Wildman–Crippen LogP) is 1.78. The van der Waals surface area contributed by atoms with Gasteiger partial charge in [-0.15, -0.1) is 0 Å². The van der Waals surface area contributed by atoms with Crippen LogP contribution in [0.5, 0.6) is 0 Å². The van der Waals surface area contributed by atoms with Crippen LogP contribution in [0, 0.1) is 0 Å². The van der Waals surface area contributed by atoms with Gasteiger partial charge < -0.3 is 0 Å². The highest BCUT2D eigenvalue weighted by molar-refractivity contribution is 7.87. The van der Waals surface area contributed by atoms with Crippen LogP contribution in [0.3, 0.4) is 0 Å². The molecule has 0 radical (unpaired) electrons. The zero-order chi connectivity index (χ0) is 16.5. The Morgan fingerprint density at radius 2 is 2.09 bits per heavy atom. The van der Waals surface area contributed by atoms with Crippen LogP contribution in [0.4, 0.5) is 13.2 Å². The molecule has 0 spiro atoms. The van der Waals surface area contributed by atoms with Crippen LogP contribution in [0.15, 0.2) is 12.3 Å². The Balaban J connectivity index is 2.12. The van der Waals surface area contributed by atoms with Gasteiger partial charge in [0.25, 0.3) is 10.2 Å². The number of nitrogens with zero attached hydrogens (tertiary/aromatic N) is 3. The molecule has 126 valence electrons. The van der Waals surface area contributed by atoms with Gasteiger partial charge in [-0.25, -0.2) is 0 Å². The molecular formula is C12H19F3N4O2S. The first-order valence-electron chi connectivity index (χ1n) is 6.99. The van der Waals surface area contributed by atoms with Gasteiger partial charge in [-0.2, -0.15) is 35.7 Å². The van der Waals surface area contributed by atoms with Crippen molar-refractivity contribution < 1.29 is 21.6 Å². The Kier molecular flexibility index (Phi) is 4.83. The number of hydrogen-bond acceptors (Lipinski definition) is 3. The van der Waals surface area contributed by atoms with Gasteiger partial charge in [-0.05, 0) is 32.8 Å². The van der Waals surface area contributed by atoms with Gasteiger partial charge in [0.05, 0.1) is 6.04 Å². The van der Waals surface area contributed by atoms with Crippen LogP contribution in [-0.2, 0) is 16.4 Å². The van der Waals surface area contributed by atoms with Gasteiger partial charge in [-0.1, -0.05) is 0 Å². The fourth-order valence-corrected chi connectivity index (χ4v) is 3.90. The monoisotopic (exact) mass is 340 g/mol. The fraction of sp³-hybridized carbons (Fsp3) is 0.750. The van der Waals surface area contributed by atoms with Crippen LogP contribution in [-0.4, -0.2) is 41.6 Å². The van der Waals surface area contributed by atoms with Crippen LogP contribution < -0.4 is 4.72 Å². The number of hydrogen-bond donors (Lipinski definition) is 1. The molecule has 1 saturated heterocycles. The molecule has 22 heavy (non-hydrogen) atoms. The molecule has 1 aliphatic heterocycles. The molecule has 0 aromatic carbocycles. The summed E-state index contributed by atoms with van der Waals surface area (Å²) < 4.78 is 67.0. The summed E-state index contributed by atoms with van der Waals surface area (Å²) in [7, 11) is -3.63. The van der Waals surface area contributed by atoms with Gasteiger partial charge in [-0.3, -0.25) is 4.68 Å². The normalized spacial score (nSPS) is 21.5. The van der Waals surface area contributed by atoms with Gasteiger partial charge in [0.15, 0.2) is 5.69 Å². The molecule has 2 rings (SSSR count). The minimum atomic E-state index is -4.50. The van der Waals surface area contributed by atoms with Gasteiger partial charge >= 0.3 is 6.18 Å². The van der Waals surface area contributed by atoms with Crippen LogP contribution >= 0.6 is 0 Å². The highest BCUT2D eigenvalue weighted by Gasteiger charge is 2.35. The second-order valence-corrected chi connectivity index (χ2v) is 7.31. The van der Waals surface area contributed by atoms with E-state index in [0.717, 1.165) is 6.07 Å². The molecule has 0 amide bonds. The van der Waals surface area contributed by atoms with Crippen LogP contribution in [0.2, 0.25) is 0 Å². The fourth-order valence-electron chi connectivity index (χ4n) is 2.42. The minimum Gasteiger partial charge on any atom is -0.268 e. The maximum absolute atomic E-state index is 12.6. The third-order valence-electron chi connectivity index (χ3n) is 3.36. The lowest BCUT2D eigenvalue weighted by Crippen LogP contribution is -2.48. The van der Waals surface area contributed by atoms with Crippen LogP contribution in [0.25, 0.3) is 0 Å². The zero-order valence-electron chi connectivity index (χ0n) is 12.3. The molecule has 2 heterocycles. The zero-order valence-corrected chi connectivity index (χ0v) is 13.2. The van der Waals surface area contributed by atoms with Crippen molar-refractivity contribution in [2.45, 2.75) is 44.9 Å². The third-order valence-corrected chi connectivity index (χ3v) is 5.14. The average Bonchev–Trinajstić information content (AvgIpc) is 2.87. The highest BCUT2D eigenvalue weighted by Crippen LogP contribution is 2.29. The average molecular weight is 340 g/mol. The van der Waals surface area contributed by atoms with E-state index in [9.17, 15) is 21.6 Å². The molecule has 10 heteroatoms. The summed E-state index contributed by atoms with van der Waals surface area (Å²) in [6.45, 7) is 3.89. The first kappa shape index (κ1) is 17.2. The van der Waals surface area contributed by atoms with Gasteiger partial charge in [0.1, 0.15) is 0 Å². The molecule has 1 atom stereocenters. The molecule has 1 fully saturated rings. The number of rotatable bonds is 4. The number of aromatic nitrogens is 2. The van der Waals surface area contributed by atoms with Crippen molar-refractivity contribution in [2.24, 2.45) is 0 Å². The van der Waals surface area contributed by atoms with Crippen molar-refractivity contribution in [1.82, 2.24) is 18.8 Å². The summed E-state index contributed by atoms with van der Waals surface area (Å²) in [5, 5.41) is 3.53. The topological polar surface area (TPSA) is 67.2 Å². The minimum absolute atomic E-state index is 0.112. The van der Waals surface area contributed by atoms with Crippen molar-refractivity contribution >= 4 is 10.2 Å². The Hall–Kier alpha value is -1.13. The van der Waals surface area contributed by atoms with Crippen molar-refractivity contribution in [3.8, 4) is 0 Å². The van der Waals surface area contributed by atoms with E-state index >= 15 is 0 Å². The molecule has 6 nitrogen and oxygen atoms in total. The Morgan fingerprint density at radius 1 is 1.41 bits per heavy atom. The number of nitrogens with one attached hydrogen (secondary N) is 1. The molecule has 1 N–H and O–H groups in total. The first-order valence-corrected chi connectivity index (χ1v) is 8.43. The summed E-state index contributed by atoms with van der Waals surface area (Å²) in [5.41, 5.74) is -0.965. The summed E-state index contributed by atoms with van der Waals surface area (Å²) in [5.74, 6) is 0. The molecule has 1 aromatic rings. The van der Waals surface area contributed by atoms with Crippen molar-refractivity contribution in [1.29, 1.82) is 0 Å². The number of halogens is 3. The predicted molar refractivity (Wildman–Crippen MR) is 74.3 cm³/mol. The number of alkyl halides is 3. The SMILES string of the molecule is CC(C)NS(=O)(=O)N1CCC[C@H](n2ccc(C(F)(F)F)n2)C1.